The van der Waals surface area contributed by atoms with Crippen LogP contribution in [0.25, 0.3) is 10.2 Å². The van der Waals surface area contributed by atoms with Crippen LogP contribution in [-0.2, 0) is 23.9 Å². The van der Waals surface area contributed by atoms with Crippen molar-refractivity contribution in [3.05, 3.63) is 23.2 Å². The van der Waals surface area contributed by atoms with Crippen molar-refractivity contribution in [3.8, 4) is 6.07 Å². The van der Waals surface area contributed by atoms with Gasteiger partial charge in [-0.3, -0.25) is 19.2 Å². The Morgan fingerprint density at radius 3 is 2.61 bits per heavy atom. The number of fused-ring (bicyclic) bond motifs is 1. The van der Waals surface area contributed by atoms with Crippen LogP contribution >= 0.6 is 11.3 Å². The van der Waals surface area contributed by atoms with Gasteiger partial charge in [0.2, 0.25) is 23.6 Å². The summed E-state index contributed by atoms with van der Waals surface area (Å²) in [5.41, 5.74) is 6.66. The molecule has 13 nitrogen and oxygen atoms in total. The summed E-state index contributed by atoms with van der Waals surface area (Å²) in [4.78, 5) is 54.0. The molecule has 0 radical (unpaired) electrons. The zero-order valence-corrected chi connectivity index (χ0v) is 22.1. The Morgan fingerprint density at radius 2 is 1.95 bits per heavy atom. The van der Waals surface area contributed by atoms with Crippen molar-refractivity contribution in [1.82, 2.24) is 20.9 Å². The molecule has 0 aliphatic heterocycles. The second-order valence-electron chi connectivity index (χ2n) is 8.47. The zero-order chi connectivity index (χ0) is 28.1. The van der Waals surface area contributed by atoms with E-state index in [-0.39, 0.29) is 26.0 Å². The molecule has 0 bridgehead atoms. The fourth-order valence-electron chi connectivity index (χ4n) is 3.45. The highest BCUT2D eigenvalue weighted by Gasteiger charge is 2.29. The molecular formula is C24H33N7O6S. The van der Waals surface area contributed by atoms with E-state index in [2.05, 4.69) is 31.0 Å². The number of ether oxygens (including phenoxy) is 1. The average molecular weight is 548 g/mol. The lowest BCUT2D eigenvalue weighted by Gasteiger charge is -2.25. The van der Waals surface area contributed by atoms with Crippen molar-refractivity contribution in [3.63, 3.8) is 0 Å². The molecule has 7 N–H and O–H groups in total. The summed E-state index contributed by atoms with van der Waals surface area (Å²) in [6.45, 7) is 1.63. The van der Waals surface area contributed by atoms with E-state index in [1.165, 1.54) is 25.4 Å². The topological polar surface area (TPSA) is 209 Å². The number of unbranched alkanes of at least 4 members (excludes halogenated alkanes) is 1. The first kappa shape index (κ1) is 30.6. The van der Waals surface area contributed by atoms with Gasteiger partial charge in [-0.25, -0.2) is 4.98 Å². The van der Waals surface area contributed by atoms with E-state index in [4.69, 9.17) is 11.0 Å². The van der Waals surface area contributed by atoms with Gasteiger partial charge in [0, 0.05) is 25.8 Å². The number of hydrogen-bond acceptors (Lipinski definition) is 10. The highest BCUT2D eigenvalue weighted by molar-refractivity contribution is 7.19. The maximum Gasteiger partial charge on any atom is 0.246 e. The van der Waals surface area contributed by atoms with Gasteiger partial charge in [-0.2, -0.15) is 5.26 Å². The molecule has 0 spiro atoms. The molecule has 4 amide bonds. The summed E-state index contributed by atoms with van der Waals surface area (Å²) in [7, 11) is 1.37. The number of nitrogens with one attached hydrogen (secondary N) is 4. The van der Waals surface area contributed by atoms with Gasteiger partial charge < -0.3 is 36.8 Å². The van der Waals surface area contributed by atoms with E-state index in [0.29, 0.717) is 35.6 Å². The standard InChI is InChI=1S/C24H33N7O6S/c1-14(32)22(31-19(33)8-10-27-20(34)13-37-2)24(36)30-17(5-3-4-9-25)23(35)28-15-6-7-16-18(11-15)38-21(12-26)29-16/h6-7,11,14,17,22,32H,3-5,8-10,13,25H2,1-2H3,(H,27,34)(H,28,35)(H,30,36)(H,31,33)/t14-,17-,22-/m0/s1. The largest absolute Gasteiger partial charge is 0.391 e. The van der Waals surface area contributed by atoms with Crippen LogP contribution in [0.3, 0.4) is 0 Å². The van der Waals surface area contributed by atoms with Crippen LogP contribution in [0.1, 0.15) is 37.6 Å². The Balaban J connectivity index is 2.05. The molecule has 2 rings (SSSR count). The molecule has 14 heteroatoms. The summed E-state index contributed by atoms with van der Waals surface area (Å²) in [6, 6.07) is 4.72. The number of rotatable bonds is 15. The summed E-state index contributed by atoms with van der Waals surface area (Å²) in [5.74, 6) is -2.18. The Labute approximate surface area is 224 Å². The third-order valence-electron chi connectivity index (χ3n) is 5.36. The van der Waals surface area contributed by atoms with Crippen LogP contribution in [0.15, 0.2) is 18.2 Å². The van der Waals surface area contributed by atoms with Gasteiger partial charge in [0.05, 0.1) is 16.3 Å². The molecule has 0 unspecified atom stereocenters. The highest BCUT2D eigenvalue weighted by Crippen LogP contribution is 2.25. The number of carbonyl (C=O) groups is 4. The molecule has 3 atom stereocenters. The number of carbonyl (C=O) groups excluding carboxylic acids is 4. The van der Waals surface area contributed by atoms with Gasteiger partial charge >= 0.3 is 0 Å². The van der Waals surface area contributed by atoms with E-state index in [1.54, 1.807) is 18.2 Å². The first-order valence-corrected chi connectivity index (χ1v) is 12.8. The Bertz CT molecular complexity index is 1160. The molecule has 206 valence electrons. The molecule has 0 aliphatic rings. The minimum absolute atomic E-state index is 0.0201. The van der Waals surface area contributed by atoms with Gasteiger partial charge in [-0.05, 0) is 50.9 Å². The number of aromatic nitrogens is 1. The average Bonchev–Trinajstić information content (AvgIpc) is 3.29. The first-order valence-electron chi connectivity index (χ1n) is 12.0. The smallest absolute Gasteiger partial charge is 0.246 e. The van der Waals surface area contributed by atoms with E-state index in [9.17, 15) is 24.3 Å². The number of nitrogens with two attached hydrogens (primary N) is 1. The summed E-state index contributed by atoms with van der Waals surface area (Å²) in [6.07, 6.45) is 0.0933. The van der Waals surface area contributed by atoms with Crippen molar-refractivity contribution in [2.24, 2.45) is 5.73 Å². The van der Waals surface area contributed by atoms with E-state index < -0.39 is 41.8 Å². The van der Waals surface area contributed by atoms with Gasteiger partial charge in [0.25, 0.3) is 0 Å². The lowest BCUT2D eigenvalue weighted by atomic mass is 10.1. The number of amides is 4. The molecule has 1 aromatic heterocycles. The number of hydrogen-bond donors (Lipinski definition) is 6. The monoisotopic (exact) mass is 547 g/mol. The number of thiazole rings is 1. The quantitative estimate of drug-likeness (QED) is 0.162. The SMILES string of the molecule is COCC(=O)NCCC(=O)N[C@H](C(=O)N[C@@H](CCCCN)C(=O)Nc1ccc2nc(C#N)sc2c1)[C@H](C)O. The van der Waals surface area contributed by atoms with Crippen LogP contribution in [0, 0.1) is 11.3 Å². The number of aliphatic hydroxyl groups excluding tert-OH is 1. The second-order valence-corrected chi connectivity index (χ2v) is 9.50. The number of anilines is 1. The lowest BCUT2D eigenvalue weighted by Crippen LogP contribution is -2.56. The first-order chi connectivity index (χ1) is 18.2. The molecule has 0 saturated heterocycles. The molecule has 2 aromatic rings. The van der Waals surface area contributed by atoms with Crippen LogP contribution in [0.2, 0.25) is 0 Å². The maximum atomic E-state index is 13.1. The van der Waals surface area contributed by atoms with Crippen LogP contribution in [0.4, 0.5) is 5.69 Å². The fourth-order valence-corrected chi connectivity index (χ4v) is 4.25. The minimum atomic E-state index is -1.32. The zero-order valence-electron chi connectivity index (χ0n) is 21.3. The number of methoxy groups -OCH3 is 1. The number of nitriles is 1. The molecule has 38 heavy (non-hydrogen) atoms. The van der Waals surface area contributed by atoms with Crippen LogP contribution < -0.4 is 27.0 Å². The molecule has 0 aliphatic carbocycles. The Kier molecular flexibility index (Phi) is 12.5. The highest BCUT2D eigenvalue weighted by atomic mass is 32.1. The summed E-state index contributed by atoms with van der Waals surface area (Å²) < 4.78 is 5.41. The fraction of sp³-hybridized carbons (Fsp3) is 0.500. The molecule has 0 fully saturated rings. The molecule has 1 heterocycles. The van der Waals surface area contributed by atoms with Gasteiger partial charge in [-0.1, -0.05) is 0 Å². The number of nitrogens with zero attached hydrogens (tertiary/aromatic N) is 2. The van der Waals surface area contributed by atoms with Crippen LogP contribution in [-0.4, -0.2) is 78.7 Å². The Morgan fingerprint density at radius 1 is 1.18 bits per heavy atom. The maximum absolute atomic E-state index is 13.1. The summed E-state index contributed by atoms with van der Waals surface area (Å²) in [5, 5.41) is 29.8. The molecular weight excluding hydrogens is 514 g/mol. The predicted octanol–water partition coefficient (Wildman–Crippen LogP) is -0.261. The van der Waals surface area contributed by atoms with Crippen molar-refractivity contribution in [2.45, 2.75) is 50.8 Å². The van der Waals surface area contributed by atoms with Gasteiger partial charge in [0.15, 0.2) is 5.01 Å². The lowest BCUT2D eigenvalue weighted by molar-refractivity contribution is -0.133. The number of aliphatic hydroxyl groups is 1. The van der Waals surface area contributed by atoms with Crippen molar-refractivity contribution < 1.29 is 29.0 Å². The van der Waals surface area contributed by atoms with E-state index >= 15 is 0 Å². The van der Waals surface area contributed by atoms with Gasteiger partial charge in [0.1, 0.15) is 24.8 Å². The minimum Gasteiger partial charge on any atom is -0.391 e. The number of benzene rings is 1. The Hall–Kier alpha value is -3.64. The second kappa shape index (κ2) is 15.6. The van der Waals surface area contributed by atoms with Crippen molar-refractivity contribution in [2.75, 3.05) is 32.1 Å². The van der Waals surface area contributed by atoms with E-state index in [0.717, 1.165) is 4.70 Å². The third kappa shape index (κ3) is 9.67. The van der Waals surface area contributed by atoms with Crippen molar-refractivity contribution >= 4 is 50.9 Å². The van der Waals surface area contributed by atoms with Crippen molar-refractivity contribution in [1.29, 1.82) is 5.26 Å². The summed E-state index contributed by atoms with van der Waals surface area (Å²) >= 11 is 1.19. The van der Waals surface area contributed by atoms with E-state index in [1.807, 2.05) is 6.07 Å². The van der Waals surface area contributed by atoms with Crippen LogP contribution in [0.5, 0.6) is 0 Å². The predicted molar refractivity (Wildman–Crippen MR) is 141 cm³/mol. The van der Waals surface area contributed by atoms with Gasteiger partial charge in [-0.15, -0.1) is 11.3 Å². The molecule has 0 saturated carbocycles. The third-order valence-corrected chi connectivity index (χ3v) is 6.29. The normalized spacial score (nSPS) is 13.1. The molecule has 1 aromatic carbocycles.